The Balaban J connectivity index is 0.00000242. The number of β-lactam (4-membered cyclic amide) rings is 1. The van der Waals surface area contributed by atoms with Gasteiger partial charge >= 0.3 is 29.6 Å². The van der Waals surface area contributed by atoms with E-state index in [2.05, 4.69) is 0 Å². The van der Waals surface area contributed by atoms with Crippen LogP contribution < -0.4 is 39.6 Å². The summed E-state index contributed by atoms with van der Waals surface area (Å²) < 4.78 is 32.5. The van der Waals surface area contributed by atoms with Gasteiger partial charge in [0, 0.05) is 0 Å². The number of hydrogen-bond acceptors (Lipinski definition) is 8. The van der Waals surface area contributed by atoms with Crippen LogP contribution in [-0.4, -0.2) is 61.7 Å². The normalized spacial score (nSPS) is 32.9. The van der Waals surface area contributed by atoms with Crippen molar-refractivity contribution in [3.8, 4) is 0 Å². The van der Waals surface area contributed by atoms with Crippen LogP contribution in [0.2, 0.25) is 0 Å². The average Bonchev–Trinajstić information content (AvgIpc) is 2.53. The standard InChI is InChI=1S/C10H16NO8PS.Na/c1-10(5-20(15,18-2)19-3)8(9(13)14)11-6(12)4-7(11)21(10,16)17;/h7-8H,4-5H2,1-3H3,(H,13,14);/q;+1/p-1/t7-,8+,10+;/m1./s1. The summed E-state index contributed by atoms with van der Waals surface area (Å²) in [7, 11) is -5.72. The van der Waals surface area contributed by atoms with Gasteiger partial charge in [-0.05, 0) is 6.92 Å². The maximum atomic E-state index is 12.5. The fraction of sp³-hybridized carbons (Fsp3) is 0.800. The molecule has 0 saturated carbocycles. The molecule has 2 rings (SSSR count). The van der Waals surface area contributed by atoms with Gasteiger partial charge in [0.2, 0.25) is 13.9 Å². The smallest absolute Gasteiger partial charge is 0.631 e. The minimum Gasteiger partial charge on any atom is -0.631 e. The van der Waals surface area contributed by atoms with Crippen molar-refractivity contribution in [3.05, 3.63) is 0 Å². The number of aliphatic carboxylic acids is 1. The molecule has 2 fully saturated rings. The first-order chi connectivity index (χ1) is 9.54. The Morgan fingerprint density at radius 3 is 2.32 bits per heavy atom. The zero-order chi connectivity index (χ0) is 16.2. The molecule has 0 N–H and O–H groups in total. The molecule has 1 amide bonds. The molecule has 120 valence electrons. The van der Waals surface area contributed by atoms with E-state index in [0.29, 0.717) is 0 Å². The molecule has 0 bridgehead atoms. The molecule has 0 aromatic carbocycles. The summed E-state index contributed by atoms with van der Waals surface area (Å²) in [4.78, 5) is 35.9. The minimum atomic E-state index is -4.06. The van der Waals surface area contributed by atoms with Gasteiger partial charge in [-0.2, -0.15) is 0 Å². The Morgan fingerprint density at radius 1 is 1.45 bits per heavy atom. The molecular weight excluding hydrogens is 348 g/mol. The van der Waals surface area contributed by atoms with Crippen LogP contribution >= 0.6 is 7.94 Å². The third-order valence-electron chi connectivity index (χ3n) is 4.10. The molecule has 2 aliphatic rings. The van der Waals surface area contributed by atoms with Crippen LogP contribution in [0.1, 0.15) is 13.3 Å². The van der Waals surface area contributed by atoms with Gasteiger partial charge in [0.05, 0.1) is 32.7 Å². The first kappa shape index (κ1) is 20.2. The fourth-order valence-corrected chi connectivity index (χ4v) is 7.44. The molecule has 22 heavy (non-hydrogen) atoms. The second-order valence-electron chi connectivity index (χ2n) is 5.17. The molecule has 0 aliphatic carbocycles. The number of carbonyl (C=O) groups is 2. The summed E-state index contributed by atoms with van der Waals surface area (Å²) >= 11 is 0. The van der Waals surface area contributed by atoms with Crippen LogP contribution in [0.15, 0.2) is 0 Å². The maximum absolute atomic E-state index is 12.5. The van der Waals surface area contributed by atoms with Crippen LogP contribution in [0.3, 0.4) is 0 Å². The van der Waals surface area contributed by atoms with Crippen molar-refractivity contribution in [1.29, 1.82) is 0 Å². The number of rotatable bonds is 5. The molecule has 0 aromatic heterocycles. The first-order valence-corrected chi connectivity index (χ1v) is 9.27. The summed E-state index contributed by atoms with van der Waals surface area (Å²) in [6.07, 6.45) is -0.958. The predicted octanol–water partition coefficient (Wildman–Crippen LogP) is -5.73. The van der Waals surface area contributed by atoms with Gasteiger partial charge in [0.1, 0.15) is 16.3 Å². The SMILES string of the molecule is CO[P+]([O-])(C[C@@]1(C)[C@H](C(=O)[O-])N2C(=O)C[C@H]2S1(=O)=O)OC.[Na+]. The van der Waals surface area contributed by atoms with Crippen molar-refractivity contribution in [2.75, 3.05) is 20.4 Å². The average molecular weight is 363 g/mol. The molecule has 2 aliphatic heterocycles. The van der Waals surface area contributed by atoms with E-state index in [-0.39, 0.29) is 36.0 Å². The number of nitrogens with zero attached hydrogens (tertiary/aromatic N) is 1. The third kappa shape index (κ3) is 2.63. The zero-order valence-electron chi connectivity index (χ0n) is 12.6. The molecule has 0 spiro atoms. The second-order valence-corrected chi connectivity index (χ2v) is 10.0. The largest absolute Gasteiger partial charge is 1.00 e. The van der Waals surface area contributed by atoms with Crippen LogP contribution in [0, 0.1) is 0 Å². The van der Waals surface area contributed by atoms with Crippen LogP contribution in [0.5, 0.6) is 0 Å². The maximum Gasteiger partial charge on any atom is 1.00 e. The summed E-state index contributed by atoms with van der Waals surface area (Å²) in [6.45, 7) is 1.12. The topological polar surface area (TPSA) is 136 Å². The Kier molecular flexibility index (Phi) is 5.75. The number of sulfone groups is 1. The van der Waals surface area contributed by atoms with Gasteiger partial charge in [-0.25, -0.2) is 17.5 Å². The van der Waals surface area contributed by atoms with E-state index in [9.17, 15) is 28.0 Å². The molecular formula is C10H15NNaO8PS. The molecule has 0 radical (unpaired) electrons. The van der Waals surface area contributed by atoms with E-state index in [1.165, 1.54) is 0 Å². The van der Waals surface area contributed by atoms with Crippen molar-refractivity contribution in [2.45, 2.75) is 29.5 Å². The van der Waals surface area contributed by atoms with E-state index >= 15 is 0 Å². The Morgan fingerprint density at radius 2 is 1.95 bits per heavy atom. The zero-order valence-corrected chi connectivity index (χ0v) is 16.3. The molecule has 2 heterocycles. The fourth-order valence-electron chi connectivity index (χ4n) is 2.86. The van der Waals surface area contributed by atoms with E-state index in [1.54, 1.807) is 0 Å². The van der Waals surface area contributed by atoms with Gasteiger partial charge in [-0.1, -0.05) is 0 Å². The van der Waals surface area contributed by atoms with Gasteiger partial charge in [0.15, 0.2) is 9.84 Å². The summed E-state index contributed by atoms with van der Waals surface area (Å²) in [5.74, 6) is -2.30. The van der Waals surface area contributed by atoms with E-state index in [1.807, 2.05) is 0 Å². The number of amides is 1. The van der Waals surface area contributed by atoms with Gasteiger partial charge in [-0.15, -0.1) is 0 Å². The summed E-state index contributed by atoms with van der Waals surface area (Å²) in [6, 6.07) is -1.72. The number of carboxylic acid groups (broad SMARTS) is 1. The van der Waals surface area contributed by atoms with Crippen LogP contribution in [-0.2, 0) is 28.5 Å². The monoisotopic (exact) mass is 363 g/mol. The van der Waals surface area contributed by atoms with Crippen molar-refractivity contribution in [2.24, 2.45) is 0 Å². The van der Waals surface area contributed by atoms with Gasteiger partial charge < -0.3 is 19.7 Å². The van der Waals surface area contributed by atoms with Crippen molar-refractivity contribution in [3.63, 3.8) is 0 Å². The molecule has 12 heteroatoms. The molecule has 0 unspecified atom stereocenters. The third-order valence-corrected chi connectivity index (χ3v) is 9.25. The molecule has 9 nitrogen and oxygen atoms in total. The number of carboxylic acids is 1. The Bertz CT molecular complexity index is 594. The van der Waals surface area contributed by atoms with E-state index in [4.69, 9.17) is 9.05 Å². The number of hydrogen-bond donors (Lipinski definition) is 0. The second kappa shape index (κ2) is 6.25. The summed E-state index contributed by atoms with van der Waals surface area (Å²) in [5, 5.41) is 10.1. The quantitative estimate of drug-likeness (QED) is 0.268. The Labute approximate surface area is 150 Å². The number of carbonyl (C=O) groups excluding carboxylic acids is 2. The number of fused-ring (bicyclic) bond motifs is 1. The van der Waals surface area contributed by atoms with Gasteiger partial charge in [-0.3, -0.25) is 4.79 Å². The van der Waals surface area contributed by atoms with Crippen LogP contribution in [0.4, 0.5) is 0 Å². The van der Waals surface area contributed by atoms with Gasteiger partial charge in [0.25, 0.3) is 0 Å². The molecule has 3 atom stereocenters. The minimum absolute atomic E-state index is 0. The van der Waals surface area contributed by atoms with E-state index in [0.717, 1.165) is 26.0 Å². The van der Waals surface area contributed by atoms with Crippen molar-refractivity contribution < 1.29 is 66.6 Å². The first-order valence-electron chi connectivity index (χ1n) is 6.00. The summed E-state index contributed by atoms with van der Waals surface area (Å²) in [5.41, 5.74) is 0. The molecule has 0 aromatic rings. The van der Waals surface area contributed by atoms with E-state index < -0.39 is 52.0 Å². The Hall–Kier alpha value is 0.200. The predicted molar refractivity (Wildman–Crippen MR) is 67.2 cm³/mol. The van der Waals surface area contributed by atoms with Crippen LogP contribution in [0.25, 0.3) is 0 Å². The molecule has 2 saturated heterocycles. The van der Waals surface area contributed by atoms with Crippen molar-refractivity contribution >= 4 is 29.7 Å². The van der Waals surface area contributed by atoms with Crippen molar-refractivity contribution in [1.82, 2.24) is 4.90 Å².